The Morgan fingerprint density at radius 2 is 1.86 bits per heavy atom. The van der Waals surface area contributed by atoms with Gasteiger partial charge in [0, 0.05) is 5.56 Å². The molecule has 0 saturated heterocycles. The van der Waals surface area contributed by atoms with Crippen molar-refractivity contribution in [3.63, 3.8) is 0 Å². The van der Waals surface area contributed by atoms with Crippen LogP contribution in [-0.2, 0) is 4.79 Å². The van der Waals surface area contributed by atoms with Crippen LogP contribution in [0.1, 0.15) is 5.56 Å². The summed E-state index contributed by atoms with van der Waals surface area (Å²) in [4.78, 5) is 12.0. The first-order chi connectivity index (χ1) is 10.1. The standard InChI is InChI=1S/C16H10ClFN2O/c17-13-6-2-4-8-15(13)20-16(21)12(10-19)9-11-5-1-3-7-14(11)18/h1-9H,(H,20,21). The third kappa shape index (κ3) is 3.68. The summed E-state index contributed by atoms with van der Waals surface area (Å²) in [6.45, 7) is 0. The smallest absolute Gasteiger partial charge is 0.266 e. The average Bonchev–Trinajstić information content (AvgIpc) is 2.48. The lowest BCUT2D eigenvalue weighted by atomic mass is 10.1. The Kier molecular flexibility index (Phi) is 4.70. The van der Waals surface area contributed by atoms with Gasteiger partial charge in [0.2, 0.25) is 0 Å². The van der Waals surface area contributed by atoms with Gasteiger partial charge in [-0.2, -0.15) is 5.26 Å². The lowest BCUT2D eigenvalue weighted by Gasteiger charge is -2.06. The Hall–Kier alpha value is -2.64. The van der Waals surface area contributed by atoms with Gasteiger partial charge in [-0.25, -0.2) is 4.39 Å². The molecule has 2 aromatic rings. The predicted octanol–water partition coefficient (Wildman–Crippen LogP) is 4.02. The van der Waals surface area contributed by atoms with Gasteiger partial charge in [-0.15, -0.1) is 0 Å². The molecule has 0 bridgehead atoms. The first kappa shape index (κ1) is 14.8. The van der Waals surface area contributed by atoms with Crippen molar-refractivity contribution in [1.82, 2.24) is 0 Å². The number of nitrogens with one attached hydrogen (secondary N) is 1. The fourth-order valence-electron chi connectivity index (χ4n) is 1.65. The Balaban J connectivity index is 2.26. The Bertz CT molecular complexity index is 750. The van der Waals surface area contributed by atoms with Gasteiger partial charge in [-0.1, -0.05) is 41.9 Å². The van der Waals surface area contributed by atoms with E-state index in [4.69, 9.17) is 16.9 Å². The van der Waals surface area contributed by atoms with Gasteiger partial charge < -0.3 is 5.32 Å². The lowest BCUT2D eigenvalue weighted by molar-refractivity contribution is -0.112. The van der Waals surface area contributed by atoms with Crippen molar-refractivity contribution in [1.29, 1.82) is 5.26 Å². The van der Waals surface area contributed by atoms with Gasteiger partial charge in [-0.05, 0) is 24.3 Å². The van der Waals surface area contributed by atoms with E-state index in [-0.39, 0.29) is 11.1 Å². The molecule has 1 amide bonds. The molecule has 2 aromatic carbocycles. The second-order valence-corrected chi connectivity index (χ2v) is 4.53. The highest BCUT2D eigenvalue weighted by Crippen LogP contribution is 2.21. The summed E-state index contributed by atoms with van der Waals surface area (Å²) in [5, 5.41) is 11.9. The fraction of sp³-hybridized carbons (Fsp3) is 0. The number of rotatable bonds is 3. The van der Waals surface area contributed by atoms with E-state index in [2.05, 4.69) is 5.32 Å². The number of halogens is 2. The van der Waals surface area contributed by atoms with E-state index in [1.54, 1.807) is 36.4 Å². The van der Waals surface area contributed by atoms with Crippen LogP contribution < -0.4 is 5.32 Å². The molecule has 0 fully saturated rings. The quantitative estimate of drug-likeness (QED) is 0.687. The highest BCUT2D eigenvalue weighted by Gasteiger charge is 2.12. The number of benzene rings is 2. The molecule has 104 valence electrons. The van der Waals surface area contributed by atoms with Crippen LogP contribution in [0, 0.1) is 17.1 Å². The number of carbonyl (C=O) groups excluding carboxylic acids is 1. The van der Waals surface area contributed by atoms with Crippen molar-refractivity contribution in [3.05, 3.63) is 70.5 Å². The van der Waals surface area contributed by atoms with E-state index in [0.29, 0.717) is 10.7 Å². The van der Waals surface area contributed by atoms with Gasteiger partial charge in [-0.3, -0.25) is 4.79 Å². The minimum absolute atomic E-state index is 0.170. The van der Waals surface area contributed by atoms with Crippen LogP contribution in [0.15, 0.2) is 54.1 Å². The number of nitrogens with zero attached hydrogens (tertiary/aromatic N) is 1. The van der Waals surface area contributed by atoms with Gasteiger partial charge >= 0.3 is 0 Å². The SMILES string of the molecule is N#CC(=Cc1ccccc1F)C(=O)Nc1ccccc1Cl. The number of para-hydroxylation sites is 1. The summed E-state index contributed by atoms with van der Waals surface area (Å²) >= 11 is 5.92. The normalized spacial score (nSPS) is 10.8. The minimum Gasteiger partial charge on any atom is -0.320 e. The van der Waals surface area contributed by atoms with Crippen LogP contribution >= 0.6 is 11.6 Å². The highest BCUT2D eigenvalue weighted by atomic mass is 35.5. The van der Waals surface area contributed by atoms with Crippen molar-refractivity contribution in [2.45, 2.75) is 0 Å². The number of amides is 1. The molecule has 0 aliphatic rings. The molecule has 0 aromatic heterocycles. The van der Waals surface area contributed by atoms with Crippen LogP contribution in [0.5, 0.6) is 0 Å². The zero-order valence-electron chi connectivity index (χ0n) is 10.8. The van der Waals surface area contributed by atoms with E-state index in [1.165, 1.54) is 24.3 Å². The van der Waals surface area contributed by atoms with Crippen LogP contribution in [0.3, 0.4) is 0 Å². The zero-order valence-corrected chi connectivity index (χ0v) is 11.6. The van der Waals surface area contributed by atoms with Crippen molar-refractivity contribution >= 4 is 29.3 Å². The first-order valence-electron chi connectivity index (χ1n) is 6.04. The highest BCUT2D eigenvalue weighted by molar-refractivity contribution is 6.34. The monoisotopic (exact) mass is 300 g/mol. The minimum atomic E-state index is -0.645. The molecule has 3 nitrogen and oxygen atoms in total. The predicted molar refractivity (Wildman–Crippen MR) is 80.1 cm³/mol. The van der Waals surface area contributed by atoms with Gasteiger partial charge in [0.1, 0.15) is 17.5 Å². The molecule has 0 aliphatic heterocycles. The zero-order chi connectivity index (χ0) is 15.2. The van der Waals surface area contributed by atoms with Gasteiger partial charge in [0.05, 0.1) is 10.7 Å². The first-order valence-corrected chi connectivity index (χ1v) is 6.42. The molecule has 2 rings (SSSR count). The van der Waals surface area contributed by atoms with E-state index in [9.17, 15) is 9.18 Å². The number of nitriles is 1. The summed E-state index contributed by atoms with van der Waals surface area (Å²) in [6, 6.07) is 14.3. The van der Waals surface area contributed by atoms with E-state index in [0.717, 1.165) is 0 Å². The van der Waals surface area contributed by atoms with Crippen molar-refractivity contribution in [3.8, 4) is 6.07 Å². The summed E-state index contributed by atoms with van der Waals surface area (Å²) in [7, 11) is 0. The summed E-state index contributed by atoms with van der Waals surface area (Å²) in [5.74, 6) is -1.15. The maximum Gasteiger partial charge on any atom is 0.266 e. The van der Waals surface area contributed by atoms with Crippen LogP contribution in [0.25, 0.3) is 6.08 Å². The molecule has 5 heteroatoms. The van der Waals surface area contributed by atoms with Crippen molar-refractivity contribution in [2.75, 3.05) is 5.32 Å². The Morgan fingerprint density at radius 1 is 1.19 bits per heavy atom. The van der Waals surface area contributed by atoms with Crippen molar-refractivity contribution < 1.29 is 9.18 Å². The molecule has 0 saturated carbocycles. The van der Waals surface area contributed by atoms with Gasteiger partial charge in [0.25, 0.3) is 5.91 Å². The Morgan fingerprint density at radius 3 is 2.52 bits per heavy atom. The maximum absolute atomic E-state index is 13.5. The molecular weight excluding hydrogens is 291 g/mol. The van der Waals surface area contributed by atoms with Crippen LogP contribution in [0.4, 0.5) is 10.1 Å². The van der Waals surface area contributed by atoms with E-state index in [1.807, 2.05) is 0 Å². The lowest BCUT2D eigenvalue weighted by Crippen LogP contribution is -2.13. The average molecular weight is 301 g/mol. The van der Waals surface area contributed by atoms with Crippen molar-refractivity contribution in [2.24, 2.45) is 0 Å². The molecular formula is C16H10ClFN2O. The fourth-order valence-corrected chi connectivity index (χ4v) is 1.83. The third-order valence-electron chi connectivity index (χ3n) is 2.69. The Labute approximate surface area is 126 Å². The number of hydrogen-bond donors (Lipinski definition) is 1. The third-order valence-corrected chi connectivity index (χ3v) is 3.02. The number of carbonyl (C=O) groups is 1. The molecule has 0 atom stereocenters. The summed E-state index contributed by atoms with van der Waals surface area (Å²) < 4.78 is 13.5. The number of anilines is 1. The second kappa shape index (κ2) is 6.69. The van der Waals surface area contributed by atoms with Crippen LogP contribution in [-0.4, -0.2) is 5.91 Å². The topological polar surface area (TPSA) is 52.9 Å². The number of hydrogen-bond acceptors (Lipinski definition) is 2. The molecule has 0 heterocycles. The van der Waals surface area contributed by atoms with E-state index < -0.39 is 11.7 Å². The largest absolute Gasteiger partial charge is 0.320 e. The molecule has 0 aliphatic carbocycles. The molecule has 0 unspecified atom stereocenters. The molecule has 0 spiro atoms. The molecule has 0 radical (unpaired) electrons. The summed E-state index contributed by atoms with van der Waals surface area (Å²) in [6.07, 6.45) is 1.20. The molecule has 1 N–H and O–H groups in total. The van der Waals surface area contributed by atoms with E-state index >= 15 is 0 Å². The summed E-state index contributed by atoms with van der Waals surface area (Å²) in [5.41, 5.74) is 0.349. The maximum atomic E-state index is 13.5. The van der Waals surface area contributed by atoms with Gasteiger partial charge in [0.15, 0.2) is 0 Å². The van der Waals surface area contributed by atoms with Crippen LogP contribution in [0.2, 0.25) is 5.02 Å². The second-order valence-electron chi connectivity index (χ2n) is 4.13. The molecule has 21 heavy (non-hydrogen) atoms.